The van der Waals surface area contributed by atoms with Crippen molar-refractivity contribution in [1.82, 2.24) is 0 Å². The van der Waals surface area contributed by atoms with Gasteiger partial charge in [-0.15, -0.1) is 0 Å². The second kappa shape index (κ2) is 9.94. The summed E-state index contributed by atoms with van der Waals surface area (Å²) in [5.74, 6) is -0.267. The number of hydrogen-bond donors (Lipinski definition) is 2. The van der Waals surface area contributed by atoms with Crippen LogP contribution in [0.4, 0.5) is 11.4 Å². The van der Waals surface area contributed by atoms with E-state index in [4.69, 9.17) is 0 Å². The highest BCUT2D eigenvalue weighted by Crippen LogP contribution is 2.33. The molecule has 166 valence electrons. The molecule has 0 heterocycles. The molecule has 2 N–H and O–H groups in total. The monoisotopic (exact) mass is 474 g/mol. The largest absolute Gasteiger partial charge is 0.321 e. The van der Waals surface area contributed by atoms with Crippen LogP contribution in [0.5, 0.6) is 0 Å². The molecule has 0 aliphatic rings. The normalized spacial score (nSPS) is 11.1. The van der Waals surface area contributed by atoms with Crippen molar-refractivity contribution in [2.24, 2.45) is 0 Å². The maximum absolute atomic E-state index is 12.9. The fraction of sp³-hybridized carbons (Fsp3) is 0.0385. The smallest absolute Gasteiger partial charge is 0.261 e. The number of para-hydroxylation sites is 1. The van der Waals surface area contributed by atoms with Gasteiger partial charge in [0.05, 0.1) is 16.3 Å². The molecule has 0 bridgehead atoms. The quantitative estimate of drug-likeness (QED) is 0.334. The number of amides is 1. The van der Waals surface area contributed by atoms with Gasteiger partial charge >= 0.3 is 0 Å². The van der Waals surface area contributed by atoms with Crippen LogP contribution in [0.1, 0.15) is 15.9 Å². The predicted molar refractivity (Wildman–Crippen MR) is 133 cm³/mol. The predicted octanol–water partition coefficient (Wildman–Crippen LogP) is 6.20. The zero-order valence-electron chi connectivity index (χ0n) is 17.9. The first-order chi connectivity index (χ1) is 15.9. The lowest BCUT2D eigenvalue weighted by Gasteiger charge is -2.13. The molecule has 0 aromatic heterocycles. The van der Waals surface area contributed by atoms with Crippen molar-refractivity contribution in [3.63, 3.8) is 0 Å². The van der Waals surface area contributed by atoms with E-state index >= 15 is 0 Å². The van der Waals surface area contributed by atoms with Crippen LogP contribution in [0, 0.1) is 6.92 Å². The van der Waals surface area contributed by atoms with Crippen molar-refractivity contribution in [3.05, 3.63) is 114 Å². The summed E-state index contributed by atoms with van der Waals surface area (Å²) < 4.78 is 27.8. The van der Waals surface area contributed by atoms with E-state index in [9.17, 15) is 13.2 Å². The first-order valence-electron chi connectivity index (χ1n) is 10.2. The van der Waals surface area contributed by atoms with Crippen molar-refractivity contribution < 1.29 is 13.2 Å². The number of sulfonamides is 1. The summed E-state index contributed by atoms with van der Waals surface area (Å²) in [6.07, 6.45) is 0. The summed E-state index contributed by atoms with van der Waals surface area (Å²) in [4.78, 5) is 15.1. The lowest BCUT2D eigenvalue weighted by molar-refractivity contribution is 0.102. The van der Waals surface area contributed by atoms with Gasteiger partial charge in [-0.1, -0.05) is 60.3 Å². The molecule has 0 saturated heterocycles. The molecule has 33 heavy (non-hydrogen) atoms. The Labute approximate surface area is 197 Å². The molecule has 0 atom stereocenters. The number of rotatable bonds is 7. The minimum atomic E-state index is -3.71. The Morgan fingerprint density at radius 3 is 2.09 bits per heavy atom. The summed E-state index contributed by atoms with van der Waals surface area (Å²) >= 11 is 1.57. The van der Waals surface area contributed by atoms with E-state index in [0.29, 0.717) is 22.5 Å². The Kier molecular flexibility index (Phi) is 6.82. The fourth-order valence-corrected chi connectivity index (χ4v) is 5.27. The molecule has 0 unspecified atom stereocenters. The number of benzene rings is 4. The van der Waals surface area contributed by atoms with Crippen LogP contribution in [-0.4, -0.2) is 14.3 Å². The molecule has 0 aliphatic heterocycles. The molecule has 5 nitrogen and oxygen atoms in total. The van der Waals surface area contributed by atoms with E-state index in [0.717, 1.165) is 9.79 Å². The third-order valence-electron chi connectivity index (χ3n) is 4.89. The molecular weight excluding hydrogens is 452 g/mol. The molecular formula is C26H22N2O3S2. The number of aryl methyl sites for hydroxylation is 1. The molecule has 4 aromatic carbocycles. The van der Waals surface area contributed by atoms with Gasteiger partial charge in [0.15, 0.2) is 0 Å². The highest BCUT2D eigenvalue weighted by molar-refractivity contribution is 7.99. The minimum absolute atomic E-state index is 0.179. The number of carbonyl (C=O) groups is 1. The summed E-state index contributed by atoms with van der Waals surface area (Å²) in [5.41, 5.74) is 2.22. The van der Waals surface area contributed by atoms with Crippen LogP contribution in [0.2, 0.25) is 0 Å². The minimum Gasteiger partial charge on any atom is -0.321 e. The van der Waals surface area contributed by atoms with Gasteiger partial charge in [0.2, 0.25) is 0 Å². The molecule has 4 rings (SSSR count). The SMILES string of the molecule is Cc1cc(C(=O)Nc2ccccc2Sc2ccccc2)ccc1NS(=O)(=O)c1ccccc1. The van der Waals surface area contributed by atoms with Gasteiger partial charge in [-0.05, 0) is 67.1 Å². The molecule has 4 aromatic rings. The van der Waals surface area contributed by atoms with Gasteiger partial charge in [-0.25, -0.2) is 8.42 Å². The molecule has 0 spiro atoms. The maximum atomic E-state index is 12.9. The highest BCUT2D eigenvalue weighted by atomic mass is 32.2. The summed E-state index contributed by atoms with van der Waals surface area (Å²) in [7, 11) is -3.71. The molecule has 1 amide bonds. The van der Waals surface area contributed by atoms with E-state index in [-0.39, 0.29) is 10.8 Å². The second-order valence-corrected chi connectivity index (χ2v) is 10.1. The van der Waals surface area contributed by atoms with Gasteiger partial charge in [-0.2, -0.15) is 0 Å². The maximum Gasteiger partial charge on any atom is 0.261 e. The average molecular weight is 475 g/mol. The van der Waals surface area contributed by atoms with E-state index in [1.165, 1.54) is 12.1 Å². The lowest BCUT2D eigenvalue weighted by Crippen LogP contribution is -2.15. The number of carbonyl (C=O) groups excluding carboxylic acids is 1. The van der Waals surface area contributed by atoms with Crippen LogP contribution >= 0.6 is 11.8 Å². The van der Waals surface area contributed by atoms with Crippen LogP contribution in [0.25, 0.3) is 0 Å². The zero-order chi connectivity index (χ0) is 23.3. The topological polar surface area (TPSA) is 75.3 Å². The fourth-order valence-electron chi connectivity index (χ4n) is 3.19. The second-order valence-electron chi connectivity index (χ2n) is 7.31. The third kappa shape index (κ3) is 5.63. The van der Waals surface area contributed by atoms with Crippen molar-refractivity contribution in [2.45, 2.75) is 21.6 Å². The molecule has 0 saturated carbocycles. The lowest BCUT2D eigenvalue weighted by atomic mass is 10.1. The average Bonchev–Trinajstić information content (AvgIpc) is 2.83. The van der Waals surface area contributed by atoms with Gasteiger partial charge in [0.1, 0.15) is 0 Å². The van der Waals surface area contributed by atoms with Crippen LogP contribution < -0.4 is 10.0 Å². The first kappa shape index (κ1) is 22.6. The molecule has 7 heteroatoms. The summed E-state index contributed by atoms with van der Waals surface area (Å²) in [6.45, 7) is 1.76. The van der Waals surface area contributed by atoms with E-state index in [1.807, 2.05) is 54.6 Å². The van der Waals surface area contributed by atoms with Crippen molar-refractivity contribution in [3.8, 4) is 0 Å². The Morgan fingerprint density at radius 2 is 1.39 bits per heavy atom. The summed E-state index contributed by atoms with van der Waals surface area (Å²) in [6, 6.07) is 30.6. The van der Waals surface area contributed by atoms with Crippen molar-refractivity contribution in [2.75, 3.05) is 10.0 Å². The van der Waals surface area contributed by atoms with Gasteiger partial charge in [0.25, 0.3) is 15.9 Å². The number of nitrogens with one attached hydrogen (secondary N) is 2. The Morgan fingerprint density at radius 1 is 0.758 bits per heavy atom. The number of anilines is 2. The van der Waals surface area contributed by atoms with Gasteiger partial charge in [0, 0.05) is 15.4 Å². The Bertz CT molecular complexity index is 1370. The third-order valence-corrected chi connectivity index (χ3v) is 7.36. The highest BCUT2D eigenvalue weighted by Gasteiger charge is 2.16. The van der Waals surface area contributed by atoms with E-state index in [2.05, 4.69) is 10.0 Å². The van der Waals surface area contributed by atoms with Gasteiger partial charge < -0.3 is 5.32 Å². The number of hydrogen-bond acceptors (Lipinski definition) is 4. The molecule has 0 fully saturated rings. The summed E-state index contributed by atoms with van der Waals surface area (Å²) in [5, 5.41) is 2.97. The van der Waals surface area contributed by atoms with Crippen LogP contribution in [0.15, 0.2) is 118 Å². The van der Waals surface area contributed by atoms with Crippen LogP contribution in [-0.2, 0) is 10.0 Å². The zero-order valence-corrected chi connectivity index (χ0v) is 19.5. The van der Waals surface area contributed by atoms with Crippen molar-refractivity contribution in [1.29, 1.82) is 0 Å². The Balaban J connectivity index is 1.51. The van der Waals surface area contributed by atoms with Crippen LogP contribution in [0.3, 0.4) is 0 Å². The standard InChI is InChI=1S/C26H22N2O3S2/c1-19-18-20(16-17-23(19)28-33(30,31)22-12-6-3-7-13-22)26(29)27-24-14-8-9-15-25(24)32-21-10-4-2-5-11-21/h2-18,28H,1H3,(H,27,29). The Hall–Kier alpha value is -3.55. The molecule has 0 aliphatic carbocycles. The van der Waals surface area contributed by atoms with E-state index < -0.39 is 10.0 Å². The molecule has 0 radical (unpaired) electrons. The van der Waals surface area contributed by atoms with Crippen molar-refractivity contribution >= 4 is 39.1 Å². The van der Waals surface area contributed by atoms with Gasteiger partial charge in [-0.3, -0.25) is 9.52 Å². The first-order valence-corrected chi connectivity index (χ1v) is 12.5. The van der Waals surface area contributed by atoms with E-state index in [1.54, 1.807) is 55.1 Å².